The van der Waals surface area contributed by atoms with Crippen LogP contribution in [0.2, 0.25) is 0 Å². The zero-order chi connectivity index (χ0) is 11.5. The van der Waals surface area contributed by atoms with Gasteiger partial charge in [0.15, 0.2) is 0 Å². The maximum Gasteiger partial charge on any atom is 0.0600 e. The molecule has 1 aliphatic rings. The van der Waals surface area contributed by atoms with Crippen molar-refractivity contribution < 1.29 is 5.11 Å². The number of anilines is 2. The largest absolute Gasteiger partial charge is 0.397 e. The highest BCUT2D eigenvalue weighted by molar-refractivity contribution is 5.67. The van der Waals surface area contributed by atoms with Crippen molar-refractivity contribution in [3.05, 3.63) is 24.3 Å². The first kappa shape index (κ1) is 11.3. The minimum atomic E-state index is -0.229. The molecule has 0 unspecified atom stereocenters. The summed E-state index contributed by atoms with van der Waals surface area (Å²) in [6.45, 7) is 3.83. The number of benzene rings is 1. The van der Waals surface area contributed by atoms with E-state index in [-0.39, 0.29) is 6.10 Å². The quantitative estimate of drug-likeness (QED) is 0.748. The van der Waals surface area contributed by atoms with E-state index >= 15 is 0 Å². The number of piperidine rings is 1. The van der Waals surface area contributed by atoms with Crippen LogP contribution in [0.15, 0.2) is 24.3 Å². The summed E-state index contributed by atoms with van der Waals surface area (Å²) in [5, 5.41) is 9.65. The van der Waals surface area contributed by atoms with Gasteiger partial charge in [-0.3, -0.25) is 0 Å². The lowest BCUT2D eigenvalue weighted by Gasteiger charge is -2.36. The highest BCUT2D eigenvalue weighted by atomic mass is 16.3. The maximum atomic E-state index is 9.65. The van der Waals surface area contributed by atoms with Gasteiger partial charge in [-0.15, -0.1) is 0 Å². The van der Waals surface area contributed by atoms with Crippen molar-refractivity contribution in [3.8, 4) is 0 Å². The standard InChI is InChI=1S/C13H20N2O/c1-10(16)11-5-4-8-15(9-11)13-7-3-2-6-12(13)14/h2-3,6-7,10-11,16H,4-5,8-9,14H2,1H3/t10-,11+/m0/s1. The fourth-order valence-electron chi connectivity index (χ4n) is 2.40. The molecule has 3 N–H and O–H groups in total. The Morgan fingerprint density at radius 2 is 2.19 bits per heavy atom. The lowest BCUT2D eigenvalue weighted by Crippen LogP contribution is -2.39. The molecule has 0 aromatic heterocycles. The Balaban J connectivity index is 2.13. The molecule has 1 aromatic carbocycles. The van der Waals surface area contributed by atoms with Gasteiger partial charge < -0.3 is 15.7 Å². The molecule has 0 spiro atoms. The van der Waals surface area contributed by atoms with Crippen LogP contribution in [0, 0.1) is 5.92 Å². The molecule has 2 rings (SSSR count). The van der Waals surface area contributed by atoms with Crippen LogP contribution in [0.4, 0.5) is 11.4 Å². The second kappa shape index (κ2) is 4.74. The molecule has 16 heavy (non-hydrogen) atoms. The normalized spacial score (nSPS) is 23.1. The third-order valence-electron chi connectivity index (χ3n) is 3.42. The topological polar surface area (TPSA) is 49.5 Å². The number of rotatable bonds is 2. The van der Waals surface area contributed by atoms with Crippen molar-refractivity contribution in [1.29, 1.82) is 0 Å². The van der Waals surface area contributed by atoms with Crippen molar-refractivity contribution in [2.75, 3.05) is 23.7 Å². The molecule has 0 bridgehead atoms. The molecule has 1 fully saturated rings. The van der Waals surface area contributed by atoms with Gasteiger partial charge in [0.05, 0.1) is 17.5 Å². The summed E-state index contributed by atoms with van der Waals surface area (Å²) in [6.07, 6.45) is 2.01. The molecule has 88 valence electrons. The third-order valence-corrected chi connectivity index (χ3v) is 3.42. The van der Waals surface area contributed by atoms with Gasteiger partial charge in [0.2, 0.25) is 0 Å². The predicted octanol–water partition coefficient (Wildman–Crippen LogP) is 1.87. The first-order valence-electron chi connectivity index (χ1n) is 5.96. The Morgan fingerprint density at radius 3 is 2.88 bits per heavy atom. The third kappa shape index (κ3) is 2.30. The summed E-state index contributed by atoms with van der Waals surface area (Å²) >= 11 is 0. The number of aliphatic hydroxyl groups excluding tert-OH is 1. The van der Waals surface area contributed by atoms with Gasteiger partial charge >= 0.3 is 0 Å². The number of hydrogen-bond donors (Lipinski definition) is 2. The molecular weight excluding hydrogens is 200 g/mol. The number of nitrogens with zero attached hydrogens (tertiary/aromatic N) is 1. The Bertz CT molecular complexity index is 352. The molecule has 1 aliphatic heterocycles. The molecule has 0 aliphatic carbocycles. The summed E-state index contributed by atoms with van der Waals surface area (Å²) < 4.78 is 0. The SMILES string of the molecule is C[C@H](O)[C@@H]1CCCN(c2ccccc2N)C1. The van der Waals surface area contributed by atoms with E-state index in [4.69, 9.17) is 5.73 Å². The molecule has 0 amide bonds. The Labute approximate surface area is 96.9 Å². The number of nitrogens with two attached hydrogens (primary N) is 1. The summed E-state index contributed by atoms with van der Waals surface area (Å²) in [5.41, 5.74) is 7.90. The zero-order valence-electron chi connectivity index (χ0n) is 9.76. The molecule has 1 aromatic rings. The Hall–Kier alpha value is -1.22. The van der Waals surface area contributed by atoms with E-state index in [2.05, 4.69) is 11.0 Å². The van der Waals surface area contributed by atoms with Crippen molar-refractivity contribution in [1.82, 2.24) is 0 Å². The van der Waals surface area contributed by atoms with Crippen molar-refractivity contribution in [3.63, 3.8) is 0 Å². The lowest BCUT2D eigenvalue weighted by atomic mass is 9.93. The Kier molecular flexibility index (Phi) is 3.34. The summed E-state index contributed by atoms with van der Waals surface area (Å²) in [5.74, 6) is 0.369. The van der Waals surface area contributed by atoms with E-state index in [1.54, 1.807) is 0 Å². The number of aliphatic hydroxyl groups is 1. The van der Waals surface area contributed by atoms with Gasteiger partial charge in [-0.05, 0) is 31.9 Å². The van der Waals surface area contributed by atoms with E-state index in [1.807, 2.05) is 25.1 Å². The number of para-hydroxylation sites is 2. The second-order valence-corrected chi connectivity index (χ2v) is 4.65. The van der Waals surface area contributed by atoms with E-state index in [9.17, 15) is 5.11 Å². The fourth-order valence-corrected chi connectivity index (χ4v) is 2.40. The zero-order valence-corrected chi connectivity index (χ0v) is 9.76. The van der Waals surface area contributed by atoms with Gasteiger partial charge in [0.1, 0.15) is 0 Å². The first-order chi connectivity index (χ1) is 7.68. The average molecular weight is 220 g/mol. The highest BCUT2D eigenvalue weighted by Gasteiger charge is 2.24. The minimum absolute atomic E-state index is 0.229. The molecule has 1 heterocycles. The minimum Gasteiger partial charge on any atom is -0.397 e. The first-order valence-corrected chi connectivity index (χ1v) is 5.96. The van der Waals surface area contributed by atoms with Gasteiger partial charge in [-0.1, -0.05) is 12.1 Å². The van der Waals surface area contributed by atoms with Crippen molar-refractivity contribution in [2.24, 2.45) is 5.92 Å². The van der Waals surface area contributed by atoms with E-state index in [1.165, 1.54) is 0 Å². The summed E-state index contributed by atoms with van der Waals surface area (Å²) in [6, 6.07) is 7.95. The monoisotopic (exact) mass is 220 g/mol. The van der Waals surface area contributed by atoms with Crippen LogP contribution in [0.1, 0.15) is 19.8 Å². The number of nitrogen functional groups attached to an aromatic ring is 1. The van der Waals surface area contributed by atoms with Crippen LogP contribution in [0.5, 0.6) is 0 Å². The van der Waals surface area contributed by atoms with Gasteiger partial charge in [-0.2, -0.15) is 0 Å². The molecule has 3 nitrogen and oxygen atoms in total. The predicted molar refractivity (Wildman–Crippen MR) is 67.5 cm³/mol. The van der Waals surface area contributed by atoms with Crippen LogP contribution in [-0.2, 0) is 0 Å². The van der Waals surface area contributed by atoms with Gasteiger partial charge in [0, 0.05) is 19.0 Å². The molecule has 2 atom stereocenters. The second-order valence-electron chi connectivity index (χ2n) is 4.65. The smallest absolute Gasteiger partial charge is 0.0600 e. The van der Waals surface area contributed by atoms with Gasteiger partial charge in [0.25, 0.3) is 0 Å². The molecular formula is C13H20N2O. The summed E-state index contributed by atoms with van der Waals surface area (Å²) in [7, 11) is 0. The van der Waals surface area contributed by atoms with Crippen LogP contribution in [0.3, 0.4) is 0 Å². The lowest BCUT2D eigenvalue weighted by molar-refractivity contribution is 0.115. The van der Waals surface area contributed by atoms with E-state index < -0.39 is 0 Å². The van der Waals surface area contributed by atoms with Crippen LogP contribution < -0.4 is 10.6 Å². The van der Waals surface area contributed by atoms with Crippen LogP contribution in [0.25, 0.3) is 0 Å². The Morgan fingerprint density at radius 1 is 1.44 bits per heavy atom. The summed E-state index contributed by atoms with van der Waals surface area (Å²) in [4.78, 5) is 2.29. The van der Waals surface area contributed by atoms with Gasteiger partial charge in [-0.25, -0.2) is 0 Å². The maximum absolute atomic E-state index is 9.65. The molecule has 3 heteroatoms. The average Bonchev–Trinajstić information content (AvgIpc) is 2.30. The molecule has 0 saturated carbocycles. The van der Waals surface area contributed by atoms with Crippen LogP contribution >= 0.6 is 0 Å². The molecule has 0 radical (unpaired) electrons. The van der Waals surface area contributed by atoms with Crippen LogP contribution in [-0.4, -0.2) is 24.3 Å². The van der Waals surface area contributed by atoms with E-state index in [0.29, 0.717) is 5.92 Å². The van der Waals surface area contributed by atoms with Crippen molar-refractivity contribution in [2.45, 2.75) is 25.9 Å². The highest BCUT2D eigenvalue weighted by Crippen LogP contribution is 2.28. The molecule has 1 saturated heterocycles. The van der Waals surface area contributed by atoms with Crippen molar-refractivity contribution >= 4 is 11.4 Å². The number of hydrogen-bond acceptors (Lipinski definition) is 3. The fraction of sp³-hybridized carbons (Fsp3) is 0.538. The van der Waals surface area contributed by atoms with E-state index in [0.717, 1.165) is 37.3 Å².